The first-order valence-electron chi connectivity index (χ1n) is 5.08. The van der Waals surface area contributed by atoms with Crippen molar-refractivity contribution in [3.63, 3.8) is 0 Å². The Kier molecular flexibility index (Phi) is 3.43. The molecule has 2 aromatic rings. The van der Waals surface area contributed by atoms with Gasteiger partial charge in [0.2, 0.25) is 0 Å². The highest BCUT2D eigenvalue weighted by Crippen LogP contribution is 2.25. The van der Waals surface area contributed by atoms with Crippen molar-refractivity contribution in [1.29, 1.82) is 0 Å². The van der Waals surface area contributed by atoms with E-state index in [2.05, 4.69) is 10.3 Å². The first kappa shape index (κ1) is 11.4. The number of oxazole rings is 1. The monoisotopic (exact) mass is 240 g/mol. The number of nitrogens with zero attached hydrogens (tertiary/aromatic N) is 1. The van der Waals surface area contributed by atoms with Crippen molar-refractivity contribution in [2.45, 2.75) is 13.5 Å². The Labute approximate surface area is 98.2 Å². The highest BCUT2D eigenvalue weighted by Gasteiger charge is 2.08. The topological polar surface area (TPSA) is 58.3 Å². The molecule has 1 aromatic heterocycles. The van der Waals surface area contributed by atoms with E-state index < -0.39 is 0 Å². The molecule has 0 aliphatic heterocycles. The first-order chi connectivity index (χ1) is 7.70. The number of rotatable bonds is 4. The predicted octanol–water partition coefficient (Wildman–Crippen LogP) is 1.87. The molecule has 0 amide bonds. The van der Waals surface area contributed by atoms with Gasteiger partial charge >= 0.3 is 0 Å². The average Bonchev–Trinajstić information content (AvgIpc) is 2.60. The number of nitrogens with one attached hydrogen (secondary N) is 1. The zero-order valence-corrected chi connectivity index (χ0v) is 9.71. The number of aliphatic hydroxyl groups is 1. The molecule has 0 atom stereocenters. The number of hydrogen-bond donors (Lipinski definition) is 2. The van der Waals surface area contributed by atoms with E-state index in [0.717, 1.165) is 11.1 Å². The summed E-state index contributed by atoms with van der Waals surface area (Å²) in [5, 5.41) is 12.3. The largest absolute Gasteiger partial charge is 0.439 e. The van der Waals surface area contributed by atoms with Gasteiger partial charge in [0.25, 0.3) is 0 Å². The third-order valence-electron chi connectivity index (χ3n) is 2.23. The second-order valence-corrected chi connectivity index (χ2v) is 3.97. The summed E-state index contributed by atoms with van der Waals surface area (Å²) in [5.74, 6) is 0.609. The molecule has 2 rings (SSSR count). The van der Waals surface area contributed by atoms with Crippen molar-refractivity contribution < 1.29 is 9.52 Å². The summed E-state index contributed by atoms with van der Waals surface area (Å²) in [6, 6.07) is 3.78. The quantitative estimate of drug-likeness (QED) is 0.801. The summed E-state index contributed by atoms with van der Waals surface area (Å²) in [7, 11) is 0. The van der Waals surface area contributed by atoms with Crippen LogP contribution in [0.25, 0.3) is 11.1 Å². The maximum absolute atomic E-state index is 8.66. The molecule has 2 N–H and O–H groups in total. The van der Waals surface area contributed by atoms with E-state index in [0.29, 0.717) is 29.6 Å². The van der Waals surface area contributed by atoms with Crippen LogP contribution < -0.4 is 5.32 Å². The SMILES string of the molecule is Cc1nc2cc(CNCCO)cc(Cl)c2o1. The Morgan fingerprint density at radius 1 is 1.50 bits per heavy atom. The van der Waals surface area contributed by atoms with Gasteiger partial charge in [-0.05, 0) is 17.7 Å². The highest BCUT2D eigenvalue weighted by atomic mass is 35.5. The number of halogens is 1. The summed E-state index contributed by atoms with van der Waals surface area (Å²) in [6.07, 6.45) is 0. The number of benzene rings is 1. The smallest absolute Gasteiger partial charge is 0.192 e. The van der Waals surface area contributed by atoms with Crippen LogP contribution >= 0.6 is 11.6 Å². The van der Waals surface area contributed by atoms with Gasteiger partial charge in [0.15, 0.2) is 11.5 Å². The molecule has 0 radical (unpaired) electrons. The molecule has 0 aliphatic rings. The molecule has 0 bridgehead atoms. The molecular weight excluding hydrogens is 228 g/mol. The number of hydrogen-bond acceptors (Lipinski definition) is 4. The van der Waals surface area contributed by atoms with Crippen LogP contribution in [0.4, 0.5) is 0 Å². The van der Waals surface area contributed by atoms with E-state index in [1.54, 1.807) is 6.92 Å². The van der Waals surface area contributed by atoms with E-state index in [4.69, 9.17) is 21.1 Å². The number of aryl methyl sites for hydroxylation is 1. The van der Waals surface area contributed by atoms with Gasteiger partial charge in [-0.25, -0.2) is 4.98 Å². The van der Waals surface area contributed by atoms with Crippen LogP contribution in [0, 0.1) is 6.92 Å². The predicted molar refractivity (Wildman–Crippen MR) is 62.5 cm³/mol. The van der Waals surface area contributed by atoms with E-state index in [1.807, 2.05) is 12.1 Å². The molecule has 0 spiro atoms. The zero-order valence-electron chi connectivity index (χ0n) is 8.96. The van der Waals surface area contributed by atoms with Crippen molar-refractivity contribution in [3.05, 3.63) is 28.6 Å². The Bertz CT molecular complexity index is 496. The maximum Gasteiger partial charge on any atom is 0.192 e. The van der Waals surface area contributed by atoms with Gasteiger partial charge < -0.3 is 14.8 Å². The molecule has 0 fully saturated rings. The molecule has 86 valence electrons. The molecule has 0 saturated carbocycles. The van der Waals surface area contributed by atoms with Crippen LogP contribution in [0.2, 0.25) is 5.02 Å². The summed E-state index contributed by atoms with van der Waals surface area (Å²) < 4.78 is 5.38. The second kappa shape index (κ2) is 4.82. The molecule has 1 aromatic carbocycles. The summed E-state index contributed by atoms with van der Waals surface area (Å²) in [6.45, 7) is 3.13. The lowest BCUT2D eigenvalue weighted by molar-refractivity contribution is 0.292. The lowest BCUT2D eigenvalue weighted by atomic mass is 10.2. The fourth-order valence-corrected chi connectivity index (χ4v) is 1.85. The highest BCUT2D eigenvalue weighted by molar-refractivity contribution is 6.34. The zero-order chi connectivity index (χ0) is 11.5. The van der Waals surface area contributed by atoms with E-state index >= 15 is 0 Å². The van der Waals surface area contributed by atoms with E-state index in [-0.39, 0.29) is 6.61 Å². The van der Waals surface area contributed by atoms with Crippen molar-refractivity contribution in [2.24, 2.45) is 0 Å². The molecular formula is C11H13ClN2O2. The van der Waals surface area contributed by atoms with E-state index in [9.17, 15) is 0 Å². The van der Waals surface area contributed by atoms with Crippen LogP contribution in [0.5, 0.6) is 0 Å². The minimum absolute atomic E-state index is 0.124. The Balaban J connectivity index is 2.27. The number of fused-ring (bicyclic) bond motifs is 1. The standard InChI is InChI=1S/C11H13ClN2O2/c1-7-14-10-5-8(6-13-2-3-15)4-9(12)11(10)16-7/h4-5,13,15H,2-3,6H2,1H3. The lowest BCUT2D eigenvalue weighted by Crippen LogP contribution is -2.17. The van der Waals surface area contributed by atoms with E-state index in [1.165, 1.54) is 0 Å². The van der Waals surface area contributed by atoms with Crippen LogP contribution in [0.15, 0.2) is 16.5 Å². The second-order valence-electron chi connectivity index (χ2n) is 3.56. The minimum atomic E-state index is 0.124. The van der Waals surface area contributed by atoms with Gasteiger partial charge in [0, 0.05) is 20.0 Å². The fraction of sp³-hybridized carbons (Fsp3) is 0.364. The lowest BCUT2D eigenvalue weighted by Gasteiger charge is -2.03. The van der Waals surface area contributed by atoms with Gasteiger partial charge in [0.05, 0.1) is 11.6 Å². The Morgan fingerprint density at radius 2 is 2.31 bits per heavy atom. The van der Waals surface area contributed by atoms with Crippen molar-refractivity contribution >= 4 is 22.7 Å². The van der Waals surface area contributed by atoms with Crippen LogP contribution in [0.1, 0.15) is 11.5 Å². The molecule has 0 saturated heterocycles. The first-order valence-corrected chi connectivity index (χ1v) is 5.45. The van der Waals surface area contributed by atoms with Crippen LogP contribution in [0.3, 0.4) is 0 Å². The molecule has 0 aliphatic carbocycles. The summed E-state index contributed by atoms with van der Waals surface area (Å²) in [4.78, 5) is 4.23. The van der Waals surface area contributed by atoms with Crippen molar-refractivity contribution in [3.8, 4) is 0 Å². The fourth-order valence-electron chi connectivity index (χ4n) is 1.57. The number of aromatic nitrogens is 1. The normalized spacial score (nSPS) is 11.2. The molecule has 16 heavy (non-hydrogen) atoms. The summed E-state index contributed by atoms with van der Waals surface area (Å²) >= 11 is 6.08. The number of aliphatic hydroxyl groups excluding tert-OH is 1. The van der Waals surface area contributed by atoms with Crippen LogP contribution in [-0.2, 0) is 6.54 Å². The molecule has 1 heterocycles. The van der Waals surface area contributed by atoms with Gasteiger partial charge in [-0.3, -0.25) is 0 Å². The van der Waals surface area contributed by atoms with Crippen molar-refractivity contribution in [1.82, 2.24) is 10.3 Å². The average molecular weight is 241 g/mol. The van der Waals surface area contributed by atoms with Gasteiger partial charge in [-0.1, -0.05) is 11.6 Å². The molecule has 0 unspecified atom stereocenters. The van der Waals surface area contributed by atoms with Crippen molar-refractivity contribution in [2.75, 3.05) is 13.2 Å². The van der Waals surface area contributed by atoms with Gasteiger partial charge in [-0.2, -0.15) is 0 Å². The summed E-state index contributed by atoms with van der Waals surface area (Å²) in [5.41, 5.74) is 2.43. The third kappa shape index (κ3) is 2.35. The maximum atomic E-state index is 8.66. The molecule has 4 nitrogen and oxygen atoms in total. The third-order valence-corrected chi connectivity index (χ3v) is 2.51. The van der Waals surface area contributed by atoms with Crippen LogP contribution in [-0.4, -0.2) is 23.2 Å². The van der Waals surface area contributed by atoms with Gasteiger partial charge in [-0.15, -0.1) is 0 Å². The Hall–Kier alpha value is -1.10. The minimum Gasteiger partial charge on any atom is -0.439 e. The van der Waals surface area contributed by atoms with Gasteiger partial charge in [0.1, 0.15) is 5.52 Å². The Morgan fingerprint density at radius 3 is 3.06 bits per heavy atom. The molecule has 5 heteroatoms.